The van der Waals surface area contributed by atoms with Gasteiger partial charge in [0.1, 0.15) is 6.04 Å². The largest absolute Gasteiger partial charge is 0.350 e. The predicted octanol–water partition coefficient (Wildman–Crippen LogP) is 1.23. The summed E-state index contributed by atoms with van der Waals surface area (Å²) in [6, 6.07) is 8.82. The van der Waals surface area contributed by atoms with Gasteiger partial charge in [0, 0.05) is 19.4 Å². The fourth-order valence-electron chi connectivity index (χ4n) is 2.33. The standard InChI is InChI=1S/C15H18N2O3/c1-2-12(17-13(18)8-9-14(17)19)15(20)16-10-11-6-4-3-5-7-11/h3-7,12H,2,8-10H2,1H3,(H,16,20). The van der Waals surface area contributed by atoms with Crippen LogP contribution in [0.3, 0.4) is 0 Å². The number of hydrogen-bond donors (Lipinski definition) is 1. The molecule has 0 saturated carbocycles. The molecule has 0 radical (unpaired) electrons. The van der Waals surface area contributed by atoms with Gasteiger partial charge in [-0.1, -0.05) is 37.3 Å². The van der Waals surface area contributed by atoms with Crippen molar-refractivity contribution in [3.05, 3.63) is 35.9 Å². The van der Waals surface area contributed by atoms with E-state index in [9.17, 15) is 14.4 Å². The van der Waals surface area contributed by atoms with E-state index in [1.165, 1.54) is 0 Å². The minimum atomic E-state index is -0.693. The number of carbonyl (C=O) groups excluding carboxylic acids is 3. The van der Waals surface area contributed by atoms with Crippen molar-refractivity contribution in [1.82, 2.24) is 10.2 Å². The number of rotatable bonds is 5. The zero-order chi connectivity index (χ0) is 14.5. The molecule has 1 aliphatic rings. The summed E-state index contributed by atoms with van der Waals surface area (Å²) in [6.07, 6.45) is 0.848. The van der Waals surface area contributed by atoms with Crippen molar-refractivity contribution in [2.24, 2.45) is 0 Å². The van der Waals surface area contributed by atoms with Crippen molar-refractivity contribution in [1.29, 1.82) is 0 Å². The molecule has 5 nitrogen and oxygen atoms in total. The van der Waals surface area contributed by atoms with E-state index in [-0.39, 0.29) is 30.6 Å². The smallest absolute Gasteiger partial charge is 0.243 e. The first-order chi connectivity index (χ1) is 9.63. The Hall–Kier alpha value is -2.17. The van der Waals surface area contributed by atoms with Crippen LogP contribution in [0.25, 0.3) is 0 Å². The Morgan fingerprint density at radius 1 is 1.20 bits per heavy atom. The molecule has 0 bridgehead atoms. The second-order valence-electron chi connectivity index (χ2n) is 4.78. The van der Waals surface area contributed by atoms with Gasteiger partial charge in [-0.2, -0.15) is 0 Å². The molecule has 0 aromatic heterocycles. The summed E-state index contributed by atoms with van der Waals surface area (Å²) in [5, 5.41) is 2.78. The number of nitrogens with zero attached hydrogens (tertiary/aromatic N) is 1. The minimum Gasteiger partial charge on any atom is -0.350 e. The van der Waals surface area contributed by atoms with E-state index in [0.717, 1.165) is 10.5 Å². The van der Waals surface area contributed by atoms with E-state index < -0.39 is 6.04 Å². The molecule has 1 heterocycles. The first-order valence-electron chi connectivity index (χ1n) is 6.80. The van der Waals surface area contributed by atoms with Gasteiger partial charge in [-0.15, -0.1) is 0 Å². The van der Waals surface area contributed by atoms with Crippen LogP contribution < -0.4 is 5.32 Å². The fraction of sp³-hybridized carbons (Fsp3) is 0.400. The molecule has 5 heteroatoms. The Kier molecular flexibility index (Phi) is 4.50. The third kappa shape index (κ3) is 3.04. The number of hydrogen-bond acceptors (Lipinski definition) is 3. The zero-order valence-corrected chi connectivity index (χ0v) is 11.5. The number of carbonyl (C=O) groups is 3. The van der Waals surface area contributed by atoms with E-state index in [1.807, 2.05) is 30.3 Å². The van der Waals surface area contributed by atoms with Crippen molar-refractivity contribution in [2.45, 2.75) is 38.8 Å². The maximum Gasteiger partial charge on any atom is 0.243 e. The summed E-state index contributed by atoms with van der Waals surface area (Å²) in [7, 11) is 0. The number of nitrogens with one attached hydrogen (secondary N) is 1. The van der Waals surface area contributed by atoms with E-state index in [0.29, 0.717) is 13.0 Å². The van der Waals surface area contributed by atoms with E-state index in [4.69, 9.17) is 0 Å². The first-order valence-corrected chi connectivity index (χ1v) is 6.80. The van der Waals surface area contributed by atoms with Crippen LogP contribution in [0.5, 0.6) is 0 Å². The molecule has 3 amide bonds. The van der Waals surface area contributed by atoms with Crippen molar-refractivity contribution in [3.63, 3.8) is 0 Å². The van der Waals surface area contributed by atoms with Gasteiger partial charge in [-0.3, -0.25) is 19.3 Å². The van der Waals surface area contributed by atoms with Crippen LogP contribution in [-0.4, -0.2) is 28.7 Å². The maximum absolute atomic E-state index is 12.2. The molecular weight excluding hydrogens is 256 g/mol. The predicted molar refractivity (Wildman–Crippen MR) is 73.5 cm³/mol. The van der Waals surface area contributed by atoms with E-state index >= 15 is 0 Å². The van der Waals surface area contributed by atoms with Crippen molar-refractivity contribution in [2.75, 3.05) is 0 Å². The average Bonchev–Trinajstić information content (AvgIpc) is 2.79. The molecule has 1 atom stereocenters. The van der Waals surface area contributed by atoms with Gasteiger partial charge in [0.15, 0.2) is 0 Å². The lowest BCUT2D eigenvalue weighted by molar-refractivity contribution is -0.146. The summed E-state index contributed by atoms with van der Waals surface area (Å²) in [5.74, 6) is -0.784. The highest BCUT2D eigenvalue weighted by atomic mass is 16.2. The number of amides is 3. The minimum absolute atomic E-state index is 0.210. The molecule has 1 aromatic rings. The fourth-order valence-corrected chi connectivity index (χ4v) is 2.33. The quantitative estimate of drug-likeness (QED) is 0.821. The summed E-state index contributed by atoms with van der Waals surface area (Å²) >= 11 is 0. The summed E-state index contributed by atoms with van der Waals surface area (Å²) in [5.41, 5.74) is 0.981. The summed E-state index contributed by atoms with van der Waals surface area (Å²) in [6.45, 7) is 2.19. The van der Waals surface area contributed by atoms with Crippen LogP contribution in [0.15, 0.2) is 30.3 Å². The van der Waals surface area contributed by atoms with Crippen molar-refractivity contribution < 1.29 is 14.4 Å². The molecule has 1 N–H and O–H groups in total. The third-order valence-electron chi connectivity index (χ3n) is 3.40. The Morgan fingerprint density at radius 3 is 2.35 bits per heavy atom. The molecule has 20 heavy (non-hydrogen) atoms. The molecular formula is C15H18N2O3. The molecule has 1 unspecified atom stereocenters. The molecule has 1 aromatic carbocycles. The van der Waals surface area contributed by atoms with Crippen LogP contribution in [-0.2, 0) is 20.9 Å². The topological polar surface area (TPSA) is 66.5 Å². The van der Waals surface area contributed by atoms with Crippen molar-refractivity contribution >= 4 is 17.7 Å². The SMILES string of the molecule is CCC(C(=O)NCc1ccccc1)N1C(=O)CCC1=O. The maximum atomic E-state index is 12.2. The second-order valence-corrected chi connectivity index (χ2v) is 4.78. The van der Waals surface area contributed by atoms with Gasteiger partial charge in [0.05, 0.1) is 0 Å². The Bertz CT molecular complexity index is 497. The molecule has 1 saturated heterocycles. The monoisotopic (exact) mass is 274 g/mol. The van der Waals surface area contributed by atoms with E-state index in [2.05, 4.69) is 5.32 Å². The number of likely N-dealkylation sites (tertiary alicyclic amines) is 1. The normalized spacial score (nSPS) is 16.4. The Labute approximate surface area is 118 Å². The lowest BCUT2D eigenvalue weighted by Crippen LogP contribution is -2.48. The third-order valence-corrected chi connectivity index (χ3v) is 3.40. The molecule has 1 fully saturated rings. The summed E-state index contributed by atoms with van der Waals surface area (Å²) in [4.78, 5) is 36.7. The molecule has 2 rings (SSSR count). The molecule has 0 aliphatic carbocycles. The highest BCUT2D eigenvalue weighted by Gasteiger charge is 2.37. The number of benzene rings is 1. The zero-order valence-electron chi connectivity index (χ0n) is 11.5. The van der Waals surface area contributed by atoms with Gasteiger partial charge in [0.25, 0.3) is 0 Å². The van der Waals surface area contributed by atoms with E-state index in [1.54, 1.807) is 6.92 Å². The van der Waals surface area contributed by atoms with Gasteiger partial charge in [-0.25, -0.2) is 0 Å². The molecule has 1 aliphatic heterocycles. The average molecular weight is 274 g/mol. The summed E-state index contributed by atoms with van der Waals surface area (Å²) < 4.78 is 0. The van der Waals surface area contributed by atoms with Crippen molar-refractivity contribution in [3.8, 4) is 0 Å². The first kappa shape index (κ1) is 14.2. The van der Waals surface area contributed by atoms with Gasteiger partial charge in [0.2, 0.25) is 17.7 Å². The second kappa shape index (κ2) is 6.32. The highest BCUT2D eigenvalue weighted by molar-refractivity contribution is 6.05. The van der Waals surface area contributed by atoms with Crippen LogP contribution in [0.2, 0.25) is 0 Å². The number of imide groups is 1. The molecule has 0 spiro atoms. The lowest BCUT2D eigenvalue weighted by Gasteiger charge is -2.24. The van der Waals surface area contributed by atoms with Crippen LogP contribution in [0.4, 0.5) is 0 Å². The highest BCUT2D eigenvalue weighted by Crippen LogP contribution is 2.17. The van der Waals surface area contributed by atoms with Crippen LogP contribution in [0, 0.1) is 0 Å². The van der Waals surface area contributed by atoms with Gasteiger partial charge >= 0.3 is 0 Å². The Balaban J connectivity index is 1.99. The van der Waals surface area contributed by atoms with Crippen LogP contribution >= 0.6 is 0 Å². The Morgan fingerprint density at radius 2 is 1.80 bits per heavy atom. The van der Waals surface area contributed by atoms with Gasteiger partial charge < -0.3 is 5.32 Å². The van der Waals surface area contributed by atoms with Crippen LogP contribution in [0.1, 0.15) is 31.7 Å². The van der Waals surface area contributed by atoms with Gasteiger partial charge in [-0.05, 0) is 12.0 Å². The lowest BCUT2D eigenvalue weighted by atomic mass is 10.1. The molecule has 106 valence electrons.